The molecule has 8 nitrogen and oxygen atoms in total. The third-order valence-corrected chi connectivity index (χ3v) is 6.73. The third-order valence-electron chi connectivity index (χ3n) is 6.73. The standard InChI is InChI=1S/C24H23N7O/c1-15-17(9-25)4-3-5-18(15)16(2)28-22-19-8-21(30-11-24(12-30)13-32-14-24)27-10-20(19)31-7-6-26-23(31)29-22/h3-8,10,16H,11-14H2,1-2H3,(H,26,28,29). The van der Waals surface area contributed by atoms with Crippen LogP contribution in [0.1, 0.15) is 29.7 Å². The van der Waals surface area contributed by atoms with Gasteiger partial charge in [-0.2, -0.15) is 10.2 Å². The molecule has 6 rings (SSSR count). The Morgan fingerprint density at radius 2 is 2.09 bits per heavy atom. The minimum Gasteiger partial charge on any atom is -0.380 e. The fraction of sp³-hybridized carbons (Fsp3) is 0.333. The van der Waals surface area contributed by atoms with Crippen molar-refractivity contribution in [1.82, 2.24) is 19.4 Å². The molecule has 0 radical (unpaired) electrons. The summed E-state index contributed by atoms with van der Waals surface area (Å²) in [6.45, 7) is 7.72. The zero-order valence-corrected chi connectivity index (χ0v) is 18.0. The average molecular weight is 425 g/mol. The number of benzene rings is 1. The van der Waals surface area contributed by atoms with Gasteiger partial charge in [-0.3, -0.25) is 4.40 Å². The number of nitrogens with one attached hydrogen (secondary N) is 1. The number of pyridine rings is 1. The topological polar surface area (TPSA) is 91.4 Å². The Morgan fingerprint density at radius 1 is 1.25 bits per heavy atom. The van der Waals surface area contributed by atoms with E-state index in [4.69, 9.17) is 14.7 Å². The summed E-state index contributed by atoms with van der Waals surface area (Å²) in [5.74, 6) is 2.34. The second-order valence-corrected chi connectivity index (χ2v) is 8.96. The molecule has 1 atom stereocenters. The molecule has 2 saturated heterocycles. The van der Waals surface area contributed by atoms with Gasteiger partial charge in [0.25, 0.3) is 0 Å². The van der Waals surface area contributed by atoms with Crippen molar-refractivity contribution in [3.8, 4) is 6.07 Å². The highest BCUT2D eigenvalue weighted by Gasteiger charge is 2.49. The summed E-state index contributed by atoms with van der Waals surface area (Å²) in [6.07, 6.45) is 5.56. The minimum atomic E-state index is -0.0348. The Hall–Kier alpha value is -3.70. The Morgan fingerprint density at radius 3 is 2.84 bits per heavy atom. The molecule has 2 fully saturated rings. The van der Waals surface area contributed by atoms with Gasteiger partial charge in [0.2, 0.25) is 5.78 Å². The van der Waals surface area contributed by atoms with Crippen LogP contribution in [0.5, 0.6) is 0 Å². The minimum absolute atomic E-state index is 0.0348. The van der Waals surface area contributed by atoms with E-state index in [1.807, 2.05) is 35.9 Å². The van der Waals surface area contributed by atoms with Crippen LogP contribution < -0.4 is 10.2 Å². The first-order valence-corrected chi connectivity index (χ1v) is 10.8. The number of hydrogen-bond acceptors (Lipinski definition) is 7. The van der Waals surface area contributed by atoms with Gasteiger partial charge in [-0.1, -0.05) is 12.1 Å². The van der Waals surface area contributed by atoms with E-state index in [0.29, 0.717) is 16.8 Å². The third kappa shape index (κ3) is 2.82. The lowest BCUT2D eigenvalue weighted by Crippen LogP contribution is -2.66. The van der Waals surface area contributed by atoms with Crippen molar-refractivity contribution < 1.29 is 4.74 Å². The van der Waals surface area contributed by atoms with Crippen LogP contribution in [0.4, 0.5) is 11.6 Å². The predicted molar refractivity (Wildman–Crippen MR) is 122 cm³/mol. The molecule has 2 aliphatic rings. The van der Waals surface area contributed by atoms with E-state index in [0.717, 1.165) is 60.0 Å². The molecule has 1 aromatic carbocycles. The summed E-state index contributed by atoms with van der Waals surface area (Å²) >= 11 is 0. The summed E-state index contributed by atoms with van der Waals surface area (Å²) in [4.78, 5) is 16.2. The number of anilines is 2. The molecule has 1 unspecified atom stereocenters. The average Bonchev–Trinajstić information content (AvgIpc) is 3.20. The lowest BCUT2D eigenvalue weighted by Gasteiger charge is -2.55. The van der Waals surface area contributed by atoms with Crippen molar-refractivity contribution in [2.45, 2.75) is 19.9 Å². The van der Waals surface area contributed by atoms with Gasteiger partial charge >= 0.3 is 0 Å². The molecule has 3 aromatic heterocycles. The second kappa shape index (κ2) is 6.90. The van der Waals surface area contributed by atoms with E-state index >= 15 is 0 Å². The number of ether oxygens (including phenoxy) is 1. The zero-order chi connectivity index (χ0) is 21.9. The van der Waals surface area contributed by atoms with E-state index in [1.54, 1.807) is 6.20 Å². The molecule has 32 heavy (non-hydrogen) atoms. The van der Waals surface area contributed by atoms with Crippen molar-refractivity contribution in [1.29, 1.82) is 5.26 Å². The lowest BCUT2D eigenvalue weighted by atomic mass is 9.78. The van der Waals surface area contributed by atoms with Crippen LogP contribution in [0.2, 0.25) is 0 Å². The highest BCUT2D eigenvalue weighted by atomic mass is 16.5. The number of aromatic nitrogens is 4. The van der Waals surface area contributed by atoms with Gasteiger partial charge < -0.3 is 15.0 Å². The molecule has 4 aromatic rings. The molecule has 1 spiro atoms. The van der Waals surface area contributed by atoms with Gasteiger partial charge in [0, 0.05) is 30.9 Å². The van der Waals surface area contributed by atoms with Crippen LogP contribution in [-0.2, 0) is 4.74 Å². The SMILES string of the molecule is Cc1c(C#N)cccc1C(C)Nc1nc2nccn2c2cnc(N3CC4(COC4)C3)cc12. The molecule has 0 saturated carbocycles. The van der Waals surface area contributed by atoms with Gasteiger partial charge in [0.1, 0.15) is 11.6 Å². The van der Waals surface area contributed by atoms with Crippen molar-refractivity contribution in [3.05, 3.63) is 59.5 Å². The molecule has 0 amide bonds. The normalized spacial score (nSPS) is 17.7. The number of rotatable bonds is 4. The largest absolute Gasteiger partial charge is 0.380 e. The van der Waals surface area contributed by atoms with Gasteiger partial charge in [-0.05, 0) is 37.1 Å². The van der Waals surface area contributed by atoms with E-state index in [-0.39, 0.29) is 6.04 Å². The number of fused-ring (bicyclic) bond motifs is 3. The summed E-state index contributed by atoms with van der Waals surface area (Å²) in [7, 11) is 0. The van der Waals surface area contributed by atoms with E-state index < -0.39 is 0 Å². The van der Waals surface area contributed by atoms with Crippen molar-refractivity contribution in [3.63, 3.8) is 0 Å². The van der Waals surface area contributed by atoms with Gasteiger partial charge in [0.15, 0.2) is 0 Å². The molecule has 0 bridgehead atoms. The van der Waals surface area contributed by atoms with Crippen LogP contribution in [0.25, 0.3) is 16.7 Å². The van der Waals surface area contributed by atoms with Crippen molar-refractivity contribution in [2.24, 2.45) is 5.41 Å². The zero-order valence-electron chi connectivity index (χ0n) is 18.0. The number of nitriles is 1. The molecule has 8 heteroatoms. The number of hydrogen-bond donors (Lipinski definition) is 1. The first-order chi connectivity index (χ1) is 15.6. The molecule has 2 aliphatic heterocycles. The van der Waals surface area contributed by atoms with Gasteiger partial charge in [-0.25, -0.2) is 9.97 Å². The maximum Gasteiger partial charge on any atom is 0.236 e. The van der Waals surface area contributed by atoms with Crippen molar-refractivity contribution in [2.75, 3.05) is 36.5 Å². The Kier molecular flexibility index (Phi) is 4.10. The first-order valence-electron chi connectivity index (χ1n) is 10.8. The highest BCUT2D eigenvalue weighted by Crippen LogP contribution is 2.40. The Balaban J connectivity index is 1.40. The Labute approximate surface area is 185 Å². The van der Waals surface area contributed by atoms with Crippen molar-refractivity contribution >= 4 is 28.3 Å². The monoisotopic (exact) mass is 425 g/mol. The fourth-order valence-corrected chi connectivity index (χ4v) is 4.85. The highest BCUT2D eigenvalue weighted by molar-refractivity contribution is 5.92. The van der Waals surface area contributed by atoms with E-state index in [2.05, 4.69) is 40.3 Å². The summed E-state index contributed by atoms with van der Waals surface area (Å²) < 4.78 is 7.37. The maximum atomic E-state index is 9.41. The molecular formula is C24H23N7O. The van der Waals surface area contributed by atoms with Crippen LogP contribution in [0, 0.1) is 23.7 Å². The van der Waals surface area contributed by atoms with E-state index in [1.165, 1.54) is 0 Å². The quantitative estimate of drug-likeness (QED) is 0.535. The van der Waals surface area contributed by atoms with Gasteiger partial charge in [0.05, 0.1) is 48.0 Å². The summed E-state index contributed by atoms with van der Waals surface area (Å²) in [6, 6.07) is 10.2. The van der Waals surface area contributed by atoms with Crippen LogP contribution >= 0.6 is 0 Å². The molecule has 1 N–H and O–H groups in total. The number of imidazole rings is 1. The van der Waals surface area contributed by atoms with Crippen LogP contribution in [0.15, 0.2) is 42.9 Å². The van der Waals surface area contributed by atoms with Gasteiger partial charge in [-0.15, -0.1) is 0 Å². The lowest BCUT2D eigenvalue weighted by molar-refractivity contribution is -0.127. The smallest absolute Gasteiger partial charge is 0.236 e. The van der Waals surface area contributed by atoms with E-state index in [9.17, 15) is 5.26 Å². The van der Waals surface area contributed by atoms with Crippen LogP contribution in [-0.4, -0.2) is 45.7 Å². The fourth-order valence-electron chi connectivity index (χ4n) is 4.85. The molecule has 160 valence electrons. The predicted octanol–water partition coefficient (Wildman–Crippen LogP) is 3.47. The Bertz CT molecular complexity index is 1390. The summed E-state index contributed by atoms with van der Waals surface area (Å²) in [5, 5.41) is 14.0. The molecule has 0 aliphatic carbocycles. The van der Waals surface area contributed by atoms with Crippen LogP contribution in [0.3, 0.4) is 0 Å². The first kappa shape index (κ1) is 19.0. The second-order valence-electron chi connectivity index (χ2n) is 8.96. The summed E-state index contributed by atoms with van der Waals surface area (Å²) in [5.41, 5.74) is 4.03. The maximum absolute atomic E-state index is 9.41. The number of nitrogens with zero attached hydrogens (tertiary/aromatic N) is 6. The molecule has 5 heterocycles. The molecular weight excluding hydrogens is 402 g/mol.